The molecule has 0 saturated heterocycles. The summed E-state index contributed by atoms with van der Waals surface area (Å²) in [4.78, 5) is 28.5. The molecule has 0 unspecified atom stereocenters. The number of amides is 1. The van der Waals surface area contributed by atoms with Crippen molar-refractivity contribution in [2.45, 2.75) is 19.3 Å². The summed E-state index contributed by atoms with van der Waals surface area (Å²) in [5, 5.41) is 12.5. The topological polar surface area (TPSA) is 109 Å². The zero-order valence-electron chi connectivity index (χ0n) is 13.4. The minimum absolute atomic E-state index is 0.0402. The fourth-order valence-corrected chi connectivity index (χ4v) is 2.56. The maximum atomic E-state index is 12.4. The lowest BCUT2D eigenvalue weighted by atomic mass is 9.94. The van der Waals surface area contributed by atoms with Gasteiger partial charge in [-0.2, -0.15) is 5.10 Å². The van der Waals surface area contributed by atoms with Gasteiger partial charge < -0.3 is 15.4 Å². The van der Waals surface area contributed by atoms with Crippen LogP contribution in [0.15, 0.2) is 18.3 Å². The van der Waals surface area contributed by atoms with Crippen LogP contribution in [-0.4, -0.2) is 47.1 Å². The number of hydrogen-bond donors (Lipinski definition) is 3. The summed E-state index contributed by atoms with van der Waals surface area (Å²) in [6, 6.07) is 3.37. The van der Waals surface area contributed by atoms with E-state index in [1.807, 2.05) is 7.05 Å². The van der Waals surface area contributed by atoms with Crippen molar-refractivity contribution in [3.8, 4) is 5.88 Å². The van der Waals surface area contributed by atoms with Gasteiger partial charge >= 0.3 is 0 Å². The van der Waals surface area contributed by atoms with Gasteiger partial charge in [0.15, 0.2) is 11.5 Å². The molecule has 0 aliphatic heterocycles. The molecule has 2 heterocycles. The molecule has 126 valence electrons. The molecule has 24 heavy (non-hydrogen) atoms. The number of anilines is 1. The number of aryl methyl sites for hydroxylation is 1. The highest BCUT2D eigenvalue weighted by atomic mass is 16.5. The van der Waals surface area contributed by atoms with Crippen LogP contribution >= 0.6 is 0 Å². The molecule has 8 heteroatoms. The van der Waals surface area contributed by atoms with E-state index in [1.54, 1.807) is 12.1 Å². The van der Waals surface area contributed by atoms with Crippen LogP contribution < -0.4 is 15.4 Å². The Balaban J connectivity index is 1.67. The Morgan fingerprint density at radius 1 is 1.38 bits per heavy atom. The average molecular weight is 329 g/mol. The highest BCUT2D eigenvalue weighted by molar-refractivity contribution is 6.12. The van der Waals surface area contributed by atoms with Crippen molar-refractivity contribution >= 4 is 17.4 Å². The molecule has 0 atom stereocenters. The van der Waals surface area contributed by atoms with E-state index in [0.29, 0.717) is 30.2 Å². The average Bonchev–Trinajstić information content (AvgIpc) is 3.02. The van der Waals surface area contributed by atoms with Gasteiger partial charge in [0.2, 0.25) is 5.88 Å². The quantitative estimate of drug-likeness (QED) is 0.687. The van der Waals surface area contributed by atoms with Gasteiger partial charge in [-0.1, -0.05) is 0 Å². The molecule has 2 aromatic rings. The molecule has 3 N–H and O–H groups in total. The molecule has 0 spiro atoms. The Morgan fingerprint density at radius 2 is 2.25 bits per heavy atom. The van der Waals surface area contributed by atoms with Crippen molar-refractivity contribution < 1.29 is 14.3 Å². The number of hydrogen-bond acceptors (Lipinski definition) is 6. The number of fused-ring (bicyclic) bond motifs is 1. The maximum absolute atomic E-state index is 12.4. The molecule has 1 aliphatic rings. The number of ether oxygens (including phenoxy) is 1. The van der Waals surface area contributed by atoms with Crippen LogP contribution in [0, 0.1) is 0 Å². The van der Waals surface area contributed by atoms with E-state index in [0.717, 1.165) is 25.1 Å². The smallest absolute Gasteiger partial charge is 0.276 e. The first-order valence-electron chi connectivity index (χ1n) is 7.84. The lowest BCUT2D eigenvalue weighted by Gasteiger charge is -2.10. The van der Waals surface area contributed by atoms with Crippen molar-refractivity contribution in [2.24, 2.45) is 0 Å². The fourth-order valence-electron chi connectivity index (χ4n) is 2.56. The molecule has 3 rings (SSSR count). The molecule has 1 amide bonds. The number of likely N-dealkylation sites (N-methyl/N-ethyl adjacent to an activating group) is 1. The summed E-state index contributed by atoms with van der Waals surface area (Å²) >= 11 is 0. The molecule has 0 radical (unpaired) electrons. The normalized spacial score (nSPS) is 13.5. The standard InChI is InChI=1S/C16H19N5O3/c1-17-7-8-24-13-6-5-10(9-18-13)19-16(23)15-14-11(20-21-15)3-2-4-12(14)22/h5-6,9,17H,2-4,7-8H2,1H3,(H,19,23)(H,20,21). The van der Waals surface area contributed by atoms with Crippen LogP contribution in [-0.2, 0) is 6.42 Å². The number of nitrogens with one attached hydrogen (secondary N) is 3. The number of Topliss-reactive ketones (excluding diaryl/α,β-unsaturated/α-hetero) is 1. The van der Waals surface area contributed by atoms with E-state index in [-0.39, 0.29) is 11.5 Å². The summed E-state index contributed by atoms with van der Waals surface area (Å²) in [6.07, 6.45) is 3.48. The Bertz CT molecular complexity index is 739. The molecular formula is C16H19N5O3. The summed E-state index contributed by atoms with van der Waals surface area (Å²) in [6.45, 7) is 1.23. The van der Waals surface area contributed by atoms with Gasteiger partial charge in [-0.15, -0.1) is 0 Å². The van der Waals surface area contributed by atoms with Gasteiger partial charge in [-0.3, -0.25) is 14.7 Å². The number of rotatable bonds is 6. The van der Waals surface area contributed by atoms with E-state index in [2.05, 4.69) is 25.8 Å². The molecule has 0 bridgehead atoms. The molecule has 0 aromatic carbocycles. The zero-order valence-corrected chi connectivity index (χ0v) is 13.4. The first-order valence-corrected chi connectivity index (χ1v) is 7.84. The number of aromatic amines is 1. The van der Waals surface area contributed by atoms with E-state index >= 15 is 0 Å². The van der Waals surface area contributed by atoms with Gasteiger partial charge in [0.05, 0.1) is 17.4 Å². The fraction of sp³-hybridized carbons (Fsp3) is 0.375. The second kappa shape index (κ2) is 7.22. The van der Waals surface area contributed by atoms with Crippen molar-refractivity contribution in [3.05, 3.63) is 35.3 Å². The zero-order chi connectivity index (χ0) is 16.9. The first-order chi connectivity index (χ1) is 11.7. The number of H-pyrrole nitrogens is 1. The monoisotopic (exact) mass is 329 g/mol. The van der Waals surface area contributed by atoms with E-state index in [9.17, 15) is 9.59 Å². The van der Waals surface area contributed by atoms with Gasteiger partial charge in [-0.25, -0.2) is 4.98 Å². The van der Waals surface area contributed by atoms with Crippen LogP contribution in [0.2, 0.25) is 0 Å². The molecule has 2 aromatic heterocycles. The molecule has 8 nitrogen and oxygen atoms in total. The number of nitrogens with zero attached hydrogens (tertiary/aromatic N) is 2. The van der Waals surface area contributed by atoms with Crippen LogP contribution in [0.4, 0.5) is 5.69 Å². The summed E-state index contributed by atoms with van der Waals surface area (Å²) < 4.78 is 5.42. The third-order valence-electron chi connectivity index (χ3n) is 3.76. The molecule has 1 aliphatic carbocycles. The van der Waals surface area contributed by atoms with E-state index < -0.39 is 5.91 Å². The predicted molar refractivity (Wildman–Crippen MR) is 87.5 cm³/mol. The van der Waals surface area contributed by atoms with Crippen molar-refractivity contribution in [3.63, 3.8) is 0 Å². The number of aromatic nitrogens is 3. The number of ketones is 1. The predicted octanol–water partition coefficient (Wildman–Crippen LogP) is 1.17. The Kier molecular flexibility index (Phi) is 4.85. The van der Waals surface area contributed by atoms with Crippen LogP contribution in [0.1, 0.15) is 39.4 Å². The highest BCUT2D eigenvalue weighted by Gasteiger charge is 2.27. The summed E-state index contributed by atoms with van der Waals surface area (Å²) in [5.74, 6) is 0.0190. The van der Waals surface area contributed by atoms with Crippen molar-refractivity contribution in [1.29, 1.82) is 0 Å². The minimum Gasteiger partial charge on any atom is -0.476 e. The lowest BCUT2D eigenvalue weighted by Crippen LogP contribution is -2.19. The molecule has 0 saturated carbocycles. The van der Waals surface area contributed by atoms with Crippen LogP contribution in [0.25, 0.3) is 0 Å². The van der Waals surface area contributed by atoms with E-state index in [4.69, 9.17) is 4.74 Å². The third-order valence-corrected chi connectivity index (χ3v) is 3.76. The third kappa shape index (κ3) is 3.43. The largest absolute Gasteiger partial charge is 0.476 e. The maximum Gasteiger partial charge on any atom is 0.276 e. The number of pyridine rings is 1. The Morgan fingerprint density at radius 3 is 3.00 bits per heavy atom. The van der Waals surface area contributed by atoms with Crippen molar-refractivity contribution in [2.75, 3.05) is 25.5 Å². The minimum atomic E-state index is -0.423. The van der Waals surface area contributed by atoms with Crippen molar-refractivity contribution in [1.82, 2.24) is 20.5 Å². The van der Waals surface area contributed by atoms with Gasteiger partial charge in [0.25, 0.3) is 5.91 Å². The second-order valence-electron chi connectivity index (χ2n) is 5.49. The molecule has 0 fully saturated rings. The summed E-state index contributed by atoms with van der Waals surface area (Å²) in [7, 11) is 1.84. The van der Waals surface area contributed by atoms with Gasteiger partial charge in [-0.05, 0) is 26.0 Å². The van der Waals surface area contributed by atoms with Gasteiger partial charge in [0, 0.05) is 24.7 Å². The summed E-state index contributed by atoms with van der Waals surface area (Å²) in [5.41, 5.74) is 1.81. The Labute approximate surface area is 139 Å². The number of carbonyl (C=O) groups is 2. The Hall–Kier alpha value is -2.74. The lowest BCUT2D eigenvalue weighted by molar-refractivity contribution is 0.0955. The van der Waals surface area contributed by atoms with Crippen LogP contribution in [0.5, 0.6) is 5.88 Å². The van der Waals surface area contributed by atoms with Crippen LogP contribution in [0.3, 0.4) is 0 Å². The van der Waals surface area contributed by atoms with Gasteiger partial charge in [0.1, 0.15) is 6.61 Å². The second-order valence-corrected chi connectivity index (χ2v) is 5.49. The first kappa shape index (κ1) is 16.1. The molecular weight excluding hydrogens is 310 g/mol. The number of carbonyl (C=O) groups excluding carboxylic acids is 2. The van der Waals surface area contributed by atoms with E-state index in [1.165, 1.54) is 6.20 Å². The highest BCUT2D eigenvalue weighted by Crippen LogP contribution is 2.23. The SMILES string of the molecule is CNCCOc1ccc(NC(=O)c2n[nH]c3c2C(=O)CCC3)cn1.